The van der Waals surface area contributed by atoms with Gasteiger partial charge in [-0.15, -0.1) is 0 Å². The molecular weight excluding hydrogens is 260 g/mol. The van der Waals surface area contributed by atoms with Crippen LogP contribution in [0.15, 0.2) is 42.5 Å². The van der Waals surface area contributed by atoms with E-state index < -0.39 is 11.2 Å². The lowest BCUT2D eigenvalue weighted by Gasteiger charge is -2.12. The highest BCUT2D eigenvalue weighted by molar-refractivity contribution is 8.14. The average molecular weight is 274 g/mol. The van der Waals surface area contributed by atoms with Crippen LogP contribution in [-0.2, 0) is 16.0 Å². The molecule has 2 aromatic rings. The first-order valence-corrected chi connectivity index (χ1v) is 6.82. The SMILES string of the molecule is CC(=O)SC(Cc1cccc2ccccc12)C(=O)O. The second kappa shape index (κ2) is 5.89. The van der Waals surface area contributed by atoms with Gasteiger partial charge in [-0.1, -0.05) is 54.2 Å². The number of thioether (sulfide) groups is 1. The van der Waals surface area contributed by atoms with Crippen LogP contribution >= 0.6 is 11.8 Å². The summed E-state index contributed by atoms with van der Waals surface area (Å²) in [5.74, 6) is -0.951. The molecule has 1 N–H and O–H groups in total. The minimum Gasteiger partial charge on any atom is -0.480 e. The van der Waals surface area contributed by atoms with Crippen LogP contribution in [0.5, 0.6) is 0 Å². The lowest BCUT2D eigenvalue weighted by atomic mass is 10.0. The van der Waals surface area contributed by atoms with Crippen LogP contribution in [0.25, 0.3) is 10.8 Å². The van der Waals surface area contributed by atoms with Gasteiger partial charge in [-0.2, -0.15) is 0 Å². The number of rotatable bonds is 4. The first-order chi connectivity index (χ1) is 9.08. The Bertz CT molecular complexity index is 616. The molecule has 0 bridgehead atoms. The molecule has 0 heterocycles. The van der Waals surface area contributed by atoms with Crippen LogP contribution in [-0.4, -0.2) is 21.4 Å². The molecule has 0 aromatic heterocycles. The van der Waals surface area contributed by atoms with E-state index in [0.29, 0.717) is 6.42 Å². The number of fused-ring (bicyclic) bond motifs is 1. The molecule has 1 atom stereocenters. The molecule has 0 aliphatic carbocycles. The van der Waals surface area contributed by atoms with Gasteiger partial charge in [0.25, 0.3) is 0 Å². The summed E-state index contributed by atoms with van der Waals surface area (Å²) in [6.07, 6.45) is 0.348. The number of carbonyl (C=O) groups is 2. The maximum Gasteiger partial charge on any atom is 0.317 e. The zero-order valence-electron chi connectivity index (χ0n) is 10.5. The molecule has 0 fully saturated rings. The normalized spacial score (nSPS) is 12.3. The zero-order chi connectivity index (χ0) is 13.8. The molecule has 2 aromatic carbocycles. The summed E-state index contributed by atoms with van der Waals surface area (Å²) in [7, 11) is 0. The molecule has 1 unspecified atom stereocenters. The standard InChI is InChI=1S/C15H14O3S/c1-10(16)19-14(15(17)18)9-12-7-4-6-11-5-2-3-8-13(11)12/h2-8,14H,9H2,1H3,(H,17,18). The predicted octanol–water partition coefficient (Wildman–Crippen LogP) is 3.12. The lowest BCUT2D eigenvalue weighted by molar-refractivity contribution is -0.136. The zero-order valence-corrected chi connectivity index (χ0v) is 11.3. The van der Waals surface area contributed by atoms with Gasteiger partial charge in [0, 0.05) is 6.92 Å². The number of aliphatic carboxylic acids is 1. The second-order valence-corrected chi connectivity index (χ2v) is 5.66. The Labute approximate surface area is 115 Å². The summed E-state index contributed by atoms with van der Waals surface area (Å²) in [5, 5.41) is 10.4. The van der Waals surface area contributed by atoms with E-state index in [1.54, 1.807) is 0 Å². The largest absolute Gasteiger partial charge is 0.480 e. The highest BCUT2D eigenvalue weighted by Gasteiger charge is 2.21. The van der Waals surface area contributed by atoms with Crippen molar-refractivity contribution in [3.05, 3.63) is 48.0 Å². The van der Waals surface area contributed by atoms with Crippen molar-refractivity contribution in [2.45, 2.75) is 18.6 Å². The molecule has 19 heavy (non-hydrogen) atoms. The van der Waals surface area contributed by atoms with E-state index in [1.165, 1.54) is 6.92 Å². The first-order valence-electron chi connectivity index (χ1n) is 5.94. The molecule has 98 valence electrons. The van der Waals surface area contributed by atoms with Crippen LogP contribution in [0.4, 0.5) is 0 Å². The number of carboxylic acids is 1. The maximum absolute atomic E-state index is 11.2. The highest BCUT2D eigenvalue weighted by atomic mass is 32.2. The fourth-order valence-electron chi connectivity index (χ4n) is 2.05. The molecule has 0 aliphatic rings. The van der Waals surface area contributed by atoms with Gasteiger partial charge in [0.2, 0.25) is 0 Å². The smallest absolute Gasteiger partial charge is 0.317 e. The fraction of sp³-hybridized carbons (Fsp3) is 0.200. The maximum atomic E-state index is 11.2. The summed E-state index contributed by atoms with van der Waals surface area (Å²) in [6, 6.07) is 13.7. The Balaban J connectivity index is 2.33. The van der Waals surface area contributed by atoms with E-state index >= 15 is 0 Å². The quantitative estimate of drug-likeness (QED) is 0.930. The Kier molecular flexibility index (Phi) is 4.22. The Morgan fingerprint density at radius 1 is 1.16 bits per heavy atom. The molecule has 0 radical (unpaired) electrons. The van der Waals surface area contributed by atoms with E-state index in [4.69, 9.17) is 0 Å². The van der Waals surface area contributed by atoms with Gasteiger partial charge in [-0.3, -0.25) is 9.59 Å². The molecule has 0 spiro atoms. The molecule has 4 heteroatoms. The second-order valence-electron chi connectivity index (χ2n) is 4.28. The Morgan fingerprint density at radius 2 is 1.84 bits per heavy atom. The Morgan fingerprint density at radius 3 is 2.53 bits per heavy atom. The number of hydrogen-bond acceptors (Lipinski definition) is 3. The van der Waals surface area contributed by atoms with Crippen molar-refractivity contribution in [2.75, 3.05) is 0 Å². The van der Waals surface area contributed by atoms with Crippen LogP contribution < -0.4 is 0 Å². The summed E-state index contributed by atoms with van der Waals surface area (Å²) >= 11 is 0.873. The number of carbonyl (C=O) groups excluding carboxylic acids is 1. The summed E-state index contributed by atoms with van der Waals surface area (Å²) in [6.45, 7) is 1.39. The molecule has 0 amide bonds. The monoisotopic (exact) mass is 274 g/mol. The van der Waals surface area contributed by atoms with E-state index in [0.717, 1.165) is 28.1 Å². The van der Waals surface area contributed by atoms with Crippen LogP contribution in [0.3, 0.4) is 0 Å². The van der Waals surface area contributed by atoms with E-state index in [-0.39, 0.29) is 5.12 Å². The van der Waals surface area contributed by atoms with Gasteiger partial charge in [-0.25, -0.2) is 0 Å². The van der Waals surface area contributed by atoms with Crippen molar-refractivity contribution in [3.63, 3.8) is 0 Å². The van der Waals surface area contributed by atoms with E-state index in [2.05, 4.69) is 0 Å². The summed E-state index contributed by atoms with van der Waals surface area (Å²) in [5.41, 5.74) is 0.958. The Hall–Kier alpha value is -1.81. The molecule has 2 rings (SSSR count). The first kappa shape index (κ1) is 13.6. The van der Waals surface area contributed by atoms with E-state index in [1.807, 2.05) is 42.5 Å². The minimum atomic E-state index is -0.951. The third-order valence-corrected chi connectivity index (χ3v) is 3.85. The number of hydrogen-bond donors (Lipinski definition) is 1. The van der Waals surface area contributed by atoms with Gasteiger partial charge in [0.05, 0.1) is 0 Å². The molecule has 0 aliphatic heterocycles. The van der Waals surface area contributed by atoms with Gasteiger partial charge >= 0.3 is 5.97 Å². The van der Waals surface area contributed by atoms with E-state index in [9.17, 15) is 14.7 Å². The fourth-order valence-corrected chi connectivity index (χ4v) is 2.81. The van der Waals surface area contributed by atoms with Gasteiger partial charge < -0.3 is 5.11 Å². The molecule has 3 nitrogen and oxygen atoms in total. The van der Waals surface area contributed by atoms with Crippen LogP contribution in [0, 0.1) is 0 Å². The molecule has 0 saturated carbocycles. The van der Waals surface area contributed by atoms with Crippen molar-refractivity contribution in [1.82, 2.24) is 0 Å². The molecule has 0 saturated heterocycles. The third-order valence-electron chi connectivity index (χ3n) is 2.87. The van der Waals surface area contributed by atoms with Crippen LogP contribution in [0.2, 0.25) is 0 Å². The van der Waals surface area contributed by atoms with Crippen molar-refractivity contribution in [1.29, 1.82) is 0 Å². The van der Waals surface area contributed by atoms with Gasteiger partial charge in [0.1, 0.15) is 5.25 Å². The summed E-state index contributed by atoms with van der Waals surface area (Å²) in [4.78, 5) is 22.3. The minimum absolute atomic E-state index is 0.173. The topological polar surface area (TPSA) is 54.4 Å². The van der Waals surface area contributed by atoms with Crippen molar-refractivity contribution >= 4 is 33.6 Å². The van der Waals surface area contributed by atoms with Crippen molar-refractivity contribution in [2.24, 2.45) is 0 Å². The number of carboxylic acid groups (broad SMARTS) is 1. The van der Waals surface area contributed by atoms with Crippen molar-refractivity contribution in [3.8, 4) is 0 Å². The lowest BCUT2D eigenvalue weighted by Crippen LogP contribution is -2.20. The van der Waals surface area contributed by atoms with Crippen molar-refractivity contribution < 1.29 is 14.7 Å². The molecular formula is C15H14O3S. The highest BCUT2D eigenvalue weighted by Crippen LogP contribution is 2.24. The predicted molar refractivity (Wildman–Crippen MR) is 77.3 cm³/mol. The average Bonchev–Trinajstić information content (AvgIpc) is 2.37. The summed E-state index contributed by atoms with van der Waals surface area (Å²) < 4.78 is 0. The van der Waals surface area contributed by atoms with Gasteiger partial charge in [-0.05, 0) is 22.8 Å². The van der Waals surface area contributed by atoms with Gasteiger partial charge in [0.15, 0.2) is 5.12 Å². The third kappa shape index (κ3) is 3.35. The number of benzene rings is 2. The van der Waals surface area contributed by atoms with Crippen LogP contribution in [0.1, 0.15) is 12.5 Å².